The molecule has 0 saturated carbocycles. The monoisotopic (exact) mass is 332 g/mol. The molecule has 0 amide bonds. The Kier molecular flexibility index (Phi) is 7.14. The number of aliphatic hydroxyl groups is 2. The largest absolute Gasteiger partial charge is 0.395 e. The number of hydrogen-bond donors (Lipinski definition) is 3. The van der Waals surface area contributed by atoms with Crippen LogP contribution in [0.2, 0.25) is 5.02 Å². The van der Waals surface area contributed by atoms with Gasteiger partial charge in [-0.3, -0.25) is 9.69 Å². The normalized spacial score (nSPS) is 10.9. The molecule has 0 radical (unpaired) electrons. The summed E-state index contributed by atoms with van der Waals surface area (Å²) < 4.78 is 0. The predicted molar refractivity (Wildman–Crippen MR) is 86.3 cm³/mol. The van der Waals surface area contributed by atoms with Crippen LogP contribution in [0.3, 0.4) is 0 Å². The van der Waals surface area contributed by atoms with Crippen LogP contribution in [-0.4, -0.2) is 46.4 Å². The second kappa shape index (κ2) is 8.36. The molecule has 0 aliphatic rings. The van der Waals surface area contributed by atoms with Crippen LogP contribution in [0.25, 0.3) is 10.9 Å². The summed E-state index contributed by atoms with van der Waals surface area (Å²) in [6.07, 6.45) is 0. The molecular formula is C14H18Cl2N2O3. The van der Waals surface area contributed by atoms with Crippen molar-refractivity contribution in [1.29, 1.82) is 0 Å². The lowest BCUT2D eigenvalue weighted by molar-refractivity contribution is 0.156. The molecule has 7 heteroatoms. The maximum absolute atomic E-state index is 11.4. The highest BCUT2D eigenvalue weighted by Crippen LogP contribution is 2.23. The molecule has 3 N–H and O–H groups in total. The van der Waals surface area contributed by atoms with E-state index in [1.54, 1.807) is 6.07 Å². The highest BCUT2D eigenvalue weighted by Gasteiger charge is 2.08. The van der Waals surface area contributed by atoms with Gasteiger partial charge in [0.2, 0.25) is 5.56 Å². The topological polar surface area (TPSA) is 76.6 Å². The molecule has 116 valence electrons. The Labute approximate surface area is 133 Å². The lowest BCUT2D eigenvalue weighted by Crippen LogP contribution is -2.29. The van der Waals surface area contributed by atoms with Crippen LogP contribution in [0.4, 0.5) is 0 Å². The number of hydrogen-bond acceptors (Lipinski definition) is 4. The van der Waals surface area contributed by atoms with Crippen LogP contribution >= 0.6 is 24.0 Å². The van der Waals surface area contributed by atoms with E-state index in [9.17, 15) is 4.79 Å². The van der Waals surface area contributed by atoms with E-state index in [0.717, 1.165) is 10.9 Å². The Hall–Kier alpha value is -1.11. The molecule has 1 aromatic carbocycles. The van der Waals surface area contributed by atoms with Crippen molar-refractivity contribution in [3.8, 4) is 0 Å². The van der Waals surface area contributed by atoms with Crippen molar-refractivity contribution in [2.45, 2.75) is 6.54 Å². The molecule has 0 spiro atoms. The van der Waals surface area contributed by atoms with Crippen molar-refractivity contribution >= 4 is 34.9 Å². The van der Waals surface area contributed by atoms with Crippen molar-refractivity contribution in [3.63, 3.8) is 0 Å². The van der Waals surface area contributed by atoms with Gasteiger partial charge in [0.15, 0.2) is 0 Å². The molecule has 0 fully saturated rings. The van der Waals surface area contributed by atoms with Crippen molar-refractivity contribution < 1.29 is 10.2 Å². The molecule has 2 aromatic rings. The van der Waals surface area contributed by atoms with Crippen LogP contribution in [0.15, 0.2) is 29.1 Å². The van der Waals surface area contributed by atoms with E-state index in [0.29, 0.717) is 30.2 Å². The van der Waals surface area contributed by atoms with E-state index in [-0.39, 0.29) is 31.2 Å². The third kappa shape index (κ3) is 4.69. The Balaban J connectivity index is 0.00000220. The van der Waals surface area contributed by atoms with E-state index < -0.39 is 0 Å². The highest BCUT2D eigenvalue weighted by molar-refractivity contribution is 6.35. The molecule has 1 heterocycles. The first-order valence-corrected chi connectivity index (χ1v) is 6.77. The average Bonchev–Trinajstić information content (AvgIpc) is 2.38. The molecule has 2 rings (SSSR count). The standard InChI is InChI=1S/C14H17ClN2O3.ClH/c15-12-7-10(9-17(3-5-18)4-6-19)8-13-11(12)1-2-14(20)16-13;/h1-2,7-8,18-19H,3-6,9H2,(H,16,20);1H. The van der Waals surface area contributed by atoms with Gasteiger partial charge >= 0.3 is 0 Å². The predicted octanol–water partition coefficient (Wildman–Crippen LogP) is 1.39. The number of nitrogens with zero attached hydrogens (tertiary/aromatic N) is 1. The number of halogens is 2. The van der Waals surface area contributed by atoms with Gasteiger partial charge in [0.1, 0.15) is 0 Å². The average molecular weight is 333 g/mol. The van der Waals surface area contributed by atoms with Crippen LogP contribution < -0.4 is 5.56 Å². The first kappa shape index (κ1) is 17.9. The molecule has 0 saturated heterocycles. The second-order valence-electron chi connectivity index (χ2n) is 4.58. The molecular weight excluding hydrogens is 315 g/mol. The van der Waals surface area contributed by atoms with Crippen molar-refractivity contribution in [3.05, 3.63) is 45.2 Å². The second-order valence-corrected chi connectivity index (χ2v) is 4.99. The summed E-state index contributed by atoms with van der Waals surface area (Å²) in [6, 6.07) is 6.84. The summed E-state index contributed by atoms with van der Waals surface area (Å²) in [5, 5.41) is 19.4. The molecule has 5 nitrogen and oxygen atoms in total. The minimum atomic E-state index is -0.173. The lowest BCUT2D eigenvalue weighted by Gasteiger charge is -2.20. The summed E-state index contributed by atoms with van der Waals surface area (Å²) in [5.74, 6) is 0. The first-order chi connectivity index (χ1) is 9.63. The zero-order valence-corrected chi connectivity index (χ0v) is 13.0. The Morgan fingerprint density at radius 2 is 1.81 bits per heavy atom. The van der Waals surface area contributed by atoms with E-state index in [2.05, 4.69) is 4.98 Å². The Bertz CT molecular complexity index is 640. The van der Waals surface area contributed by atoms with Gasteiger partial charge in [0.05, 0.1) is 23.8 Å². The molecule has 0 bridgehead atoms. The fourth-order valence-corrected chi connectivity index (χ4v) is 2.49. The molecule has 21 heavy (non-hydrogen) atoms. The van der Waals surface area contributed by atoms with Crippen LogP contribution in [-0.2, 0) is 6.54 Å². The maximum Gasteiger partial charge on any atom is 0.248 e. The number of benzene rings is 1. The van der Waals surface area contributed by atoms with Gasteiger partial charge < -0.3 is 15.2 Å². The van der Waals surface area contributed by atoms with Gasteiger partial charge in [-0.1, -0.05) is 11.6 Å². The minimum absolute atomic E-state index is 0. The summed E-state index contributed by atoms with van der Waals surface area (Å²) in [4.78, 5) is 16.0. The minimum Gasteiger partial charge on any atom is -0.395 e. The van der Waals surface area contributed by atoms with Crippen LogP contribution in [0, 0.1) is 0 Å². The molecule has 0 aliphatic heterocycles. The Morgan fingerprint density at radius 3 is 2.43 bits per heavy atom. The number of aromatic nitrogens is 1. The molecule has 0 unspecified atom stereocenters. The third-order valence-corrected chi connectivity index (χ3v) is 3.40. The molecule has 0 atom stereocenters. The van der Waals surface area contributed by atoms with E-state index in [1.165, 1.54) is 6.07 Å². The summed E-state index contributed by atoms with van der Waals surface area (Å²) >= 11 is 6.21. The van der Waals surface area contributed by atoms with Crippen molar-refractivity contribution in [2.75, 3.05) is 26.3 Å². The number of nitrogens with one attached hydrogen (secondary N) is 1. The zero-order chi connectivity index (χ0) is 14.5. The van der Waals surface area contributed by atoms with E-state index in [1.807, 2.05) is 17.0 Å². The summed E-state index contributed by atoms with van der Waals surface area (Å²) in [6.45, 7) is 1.55. The fraction of sp³-hybridized carbons (Fsp3) is 0.357. The molecule has 0 aliphatic carbocycles. The quantitative estimate of drug-likeness (QED) is 0.747. The van der Waals surface area contributed by atoms with Crippen LogP contribution in [0.5, 0.6) is 0 Å². The number of aliphatic hydroxyl groups excluding tert-OH is 2. The van der Waals surface area contributed by atoms with Gasteiger partial charge in [0, 0.05) is 31.1 Å². The van der Waals surface area contributed by atoms with E-state index in [4.69, 9.17) is 21.8 Å². The van der Waals surface area contributed by atoms with Gasteiger partial charge in [0.25, 0.3) is 0 Å². The number of fused-ring (bicyclic) bond motifs is 1. The smallest absolute Gasteiger partial charge is 0.248 e. The first-order valence-electron chi connectivity index (χ1n) is 6.39. The highest BCUT2D eigenvalue weighted by atomic mass is 35.5. The molecule has 1 aromatic heterocycles. The lowest BCUT2D eigenvalue weighted by atomic mass is 10.1. The fourth-order valence-electron chi connectivity index (χ4n) is 2.18. The summed E-state index contributed by atoms with van der Waals surface area (Å²) in [5.41, 5.74) is 1.44. The Morgan fingerprint density at radius 1 is 1.14 bits per heavy atom. The van der Waals surface area contributed by atoms with Gasteiger partial charge in [-0.15, -0.1) is 12.4 Å². The van der Waals surface area contributed by atoms with E-state index >= 15 is 0 Å². The number of rotatable bonds is 6. The summed E-state index contributed by atoms with van der Waals surface area (Å²) in [7, 11) is 0. The van der Waals surface area contributed by atoms with Gasteiger partial charge in [-0.25, -0.2) is 0 Å². The number of H-pyrrole nitrogens is 1. The maximum atomic E-state index is 11.4. The third-order valence-electron chi connectivity index (χ3n) is 3.09. The zero-order valence-electron chi connectivity index (χ0n) is 11.4. The van der Waals surface area contributed by atoms with Crippen molar-refractivity contribution in [1.82, 2.24) is 9.88 Å². The van der Waals surface area contributed by atoms with Gasteiger partial charge in [-0.2, -0.15) is 0 Å². The van der Waals surface area contributed by atoms with Gasteiger partial charge in [-0.05, 0) is 23.8 Å². The number of aromatic amines is 1. The SMILES string of the molecule is Cl.O=c1ccc2c(Cl)cc(CN(CCO)CCO)cc2[nH]1. The number of pyridine rings is 1. The van der Waals surface area contributed by atoms with Crippen LogP contribution in [0.1, 0.15) is 5.56 Å². The van der Waals surface area contributed by atoms with Crippen molar-refractivity contribution in [2.24, 2.45) is 0 Å².